The lowest BCUT2D eigenvalue weighted by atomic mass is 9.86. The van der Waals surface area contributed by atoms with E-state index in [4.69, 9.17) is 4.74 Å². The highest BCUT2D eigenvalue weighted by atomic mass is 32.1. The molecule has 28 heavy (non-hydrogen) atoms. The van der Waals surface area contributed by atoms with Crippen molar-refractivity contribution in [2.45, 2.75) is 64.7 Å². The number of anilines is 1. The molecule has 1 aliphatic rings. The molecule has 1 aliphatic carbocycles. The summed E-state index contributed by atoms with van der Waals surface area (Å²) in [6, 6.07) is 8.46. The van der Waals surface area contributed by atoms with Gasteiger partial charge in [0.05, 0.1) is 12.7 Å². The first-order chi connectivity index (χ1) is 13.3. The van der Waals surface area contributed by atoms with Crippen LogP contribution in [0.3, 0.4) is 0 Å². The van der Waals surface area contributed by atoms with Gasteiger partial charge in [0.25, 0.3) is 0 Å². The fourth-order valence-corrected chi connectivity index (χ4v) is 4.88. The van der Waals surface area contributed by atoms with Gasteiger partial charge in [0.1, 0.15) is 5.00 Å². The number of amides is 1. The molecule has 1 N–H and O–H groups in total. The zero-order valence-electron chi connectivity index (χ0n) is 17.2. The van der Waals surface area contributed by atoms with Gasteiger partial charge in [0, 0.05) is 11.3 Å². The molecule has 0 saturated carbocycles. The summed E-state index contributed by atoms with van der Waals surface area (Å²) < 4.78 is 4.97. The van der Waals surface area contributed by atoms with Crippen molar-refractivity contribution in [2.75, 3.05) is 12.4 Å². The number of methoxy groups -OCH3 is 1. The predicted octanol–water partition coefficient (Wildman–Crippen LogP) is 5.28. The van der Waals surface area contributed by atoms with Gasteiger partial charge in [-0.15, -0.1) is 11.3 Å². The largest absolute Gasteiger partial charge is 0.465 e. The van der Waals surface area contributed by atoms with E-state index in [9.17, 15) is 9.59 Å². The molecule has 0 saturated heterocycles. The van der Waals surface area contributed by atoms with Crippen molar-refractivity contribution in [2.24, 2.45) is 0 Å². The van der Waals surface area contributed by atoms with Crippen LogP contribution in [0.25, 0.3) is 0 Å². The number of esters is 1. The molecule has 0 unspecified atom stereocenters. The molecule has 0 fully saturated rings. The third-order valence-electron chi connectivity index (χ3n) is 5.27. The van der Waals surface area contributed by atoms with E-state index in [-0.39, 0.29) is 17.3 Å². The van der Waals surface area contributed by atoms with Gasteiger partial charge >= 0.3 is 5.97 Å². The molecule has 1 heterocycles. The van der Waals surface area contributed by atoms with E-state index in [1.165, 1.54) is 28.9 Å². The van der Waals surface area contributed by atoms with Crippen LogP contribution in [0.5, 0.6) is 0 Å². The van der Waals surface area contributed by atoms with Crippen LogP contribution in [0.4, 0.5) is 5.00 Å². The van der Waals surface area contributed by atoms with Crippen LogP contribution in [0.2, 0.25) is 0 Å². The number of nitrogens with one attached hydrogen (secondary N) is 1. The molecule has 5 heteroatoms. The first-order valence-corrected chi connectivity index (χ1v) is 10.7. The van der Waals surface area contributed by atoms with E-state index < -0.39 is 0 Å². The van der Waals surface area contributed by atoms with Crippen LogP contribution in [-0.2, 0) is 34.2 Å². The minimum Gasteiger partial charge on any atom is -0.465 e. The van der Waals surface area contributed by atoms with Crippen LogP contribution in [0.15, 0.2) is 24.3 Å². The number of ether oxygens (including phenoxy) is 1. The van der Waals surface area contributed by atoms with Crippen LogP contribution >= 0.6 is 11.3 Å². The standard InChI is InChI=1S/C23H29NO3S/c1-23(2,3)16-12-9-15(10-13-16)11-14-19(25)24-21-20(22(26)27-4)17-7-5-6-8-18(17)28-21/h9-10,12-13H,5-8,11,14H2,1-4H3,(H,24,25). The molecule has 0 aliphatic heterocycles. The van der Waals surface area contributed by atoms with Crippen molar-refractivity contribution in [3.8, 4) is 0 Å². The van der Waals surface area contributed by atoms with Crippen LogP contribution in [0, 0.1) is 0 Å². The van der Waals surface area contributed by atoms with Gasteiger partial charge in [-0.1, -0.05) is 45.0 Å². The fraction of sp³-hybridized carbons (Fsp3) is 0.478. The second kappa shape index (κ2) is 8.48. The Hall–Kier alpha value is -2.14. The quantitative estimate of drug-likeness (QED) is 0.696. The second-order valence-corrected chi connectivity index (χ2v) is 9.51. The first kappa shape index (κ1) is 20.6. The van der Waals surface area contributed by atoms with Crippen molar-refractivity contribution >= 4 is 28.2 Å². The molecule has 150 valence electrons. The van der Waals surface area contributed by atoms with Crippen LogP contribution in [-0.4, -0.2) is 19.0 Å². The van der Waals surface area contributed by atoms with Crippen molar-refractivity contribution < 1.29 is 14.3 Å². The van der Waals surface area contributed by atoms with Gasteiger partial charge in [-0.2, -0.15) is 0 Å². The predicted molar refractivity (Wildman–Crippen MR) is 114 cm³/mol. The number of carbonyl (C=O) groups is 2. The molecule has 0 atom stereocenters. The molecule has 1 aromatic heterocycles. The zero-order chi connectivity index (χ0) is 20.3. The zero-order valence-corrected chi connectivity index (χ0v) is 18.0. The highest BCUT2D eigenvalue weighted by Crippen LogP contribution is 2.38. The Kier molecular flexibility index (Phi) is 6.23. The summed E-state index contributed by atoms with van der Waals surface area (Å²) in [4.78, 5) is 26.0. The summed E-state index contributed by atoms with van der Waals surface area (Å²) in [6.45, 7) is 6.57. The Balaban J connectivity index is 1.67. The van der Waals surface area contributed by atoms with E-state index in [2.05, 4.69) is 50.4 Å². The first-order valence-electron chi connectivity index (χ1n) is 9.91. The summed E-state index contributed by atoms with van der Waals surface area (Å²) in [5, 5.41) is 3.61. The van der Waals surface area contributed by atoms with Crippen LogP contribution in [0.1, 0.15) is 72.0 Å². The number of fused-ring (bicyclic) bond motifs is 1. The summed E-state index contributed by atoms with van der Waals surface area (Å²) in [7, 11) is 1.39. The second-order valence-electron chi connectivity index (χ2n) is 8.40. The number of aryl methyl sites for hydroxylation is 2. The molecule has 0 radical (unpaired) electrons. The van der Waals surface area contributed by atoms with Gasteiger partial charge in [-0.25, -0.2) is 4.79 Å². The SMILES string of the molecule is COC(=O)c1c(NC(=O)CCc2ccc(C(C)(C)C)cc2)sc2c1CCCC2. The monoisotopic (exact) mass is 399 g/mol. The minimum atomic E-state index is -0.354. The number of carbonyl (C=O) groups excluding carboxylic acids is 2. The summed E-state index contributed by atoms with van der Waals surface area (Å²) in [6.07, 6.45) is 5.12. The lowest BCUT2D eigenvalue weighted by Gasteiger charge is -2.19. The van der Waals surface area contributed by atoms with Crippen molar-refractivity contribution in [1.82, 2.24) is 0 Å². The molecule has 4 nitrogen and oxygen atoms in total. The fourth-order valence-electron chi connectivity index (χ4n) is 3.59. The lowest BCUT2D eigenvalue weighted by molar-refractivity contribution is -0.116. The molecule has 1 aromatic carbocycles. The third kappa shape index (κ3) is 4.64. The van der Waals surface area contributed by atoms with Crippen molar-refractivity contribution in [1.29, 1.82) is 0 Å². The number of benzene rings is 1. The molecule has 0 bridgehead atoms. The number of hydrogen-bond donors (Lipinski definition) is 1. The maximum absolute atomic E-state index is 12.5. The van der Waals surface area contributed by atoms with Gasteiger partial charge in [0.2, 0.25) is 5.91 Å². The third-order valence-corrected chi connectivity index (χ3v) is 6.48. The van der Waals surface area contributed by atoms with Gasteiger partial charge in [-0.3, -0.25) is 4.79 Å². The van der Waals surface area contributed by atoms with Gasteiger partial charge < -0.3 is 10.1 Å². The number of rotatable bonds is 5. The highest BCUT2D eigenvalue weighted by molar-refractivity contribution is 7.17. The Morgan fingerprint density at radius 1 is 1.11 bits per heavy atom. The van der Waals surface area contributed by atoms with E-state index >= 15 is 0 Å². The summed E-state index contributed by atoms with van der Waals surface area (Å²) in [5.41, 5.74) is 4.18. The van der Waals surface area contributed by atoms with Crippen molar-refractivity contribution in [3.63, 3.8) is 0 Å². The van der Waals surface area contributed by atoms with E-state index in [1.54, 1.807) is 0 Å². The molecule has 0 spiro atoms. The molecule has 1 amide bonds. The average molecular weight is 400 g/mol. The normalized spacial score (nSPS) is 13.7. The molecule has 3 rings (SSSR count). The van der Waals surface area contributed by atoms with E-state index in [1.807, 2.05) is 0 Å². The minimum absolute atomic E-state index is 0.0661. The van der Waals surface area contributed by atoms with E-state index in [0.717, 1.165) is 36.8 Å². The Morgan fingerprint density at radius 3 is 2.43 bits per heavy atom. The summed E-state index contributed by atoms with van der Waals surface area (Å²) in [5.74, 6) is -0.420. The Morgan fingerprint density at radius 2 is 1.79 bits per heavy atom. The molecule has 2 aromatic rings. The smallest absolute Gasteiger partial charge is 0.341 e. The van der Waals surface area contributed by atoms with Gasteiger partial charge in [0.15, 0.2) is 0 Å². The maximum atomic E-state index is 12.5. The van der Waals surface area contributed by atoms with Crippen LogP contribution < -0.4 is 5.32 Å². The molecular formula is C23H29NO3S. The lowest BCUT2D eigenvalue weighted by Crippen LogP contribution is -2.15. The van der Waals surface area contributed by atoms with Crippen molar-refractivity contribution in [3.05, 3.63) is 51.4 Å². The maximum Gasteiger partial charge on any atom is 0.341 e. The summed E-state index contributed by atoms with van der Waals surface area (Å²) >= 11 is 1.53. The highest BCUT2D eigenvalue weighted by Gasteiger charge is 2.26. The Bertz CT molecular complexity index is 859. The average Bonchev–Trinajstić information content (AvgIpc) is 3.03. The molecular weight excluding hydrogens is 370 g/mol. The Labute approximate surface area is 171 Å². The van der Waals surface area contributed by atoms with E-state index in [0.29, 0.717) is 23.4 Å². The number of hydrogen-bond acceptors (Lipinski definition) is 4. The topological polar surface area (TPSA) is 55.4 Å². The van der Waals surface area contributed by atoms with Gasteiger partial charge in [-0.05, 0) is 54.2 Å². The number of thiophene rings is 1.